The lowest BCUT2D eigenvalue weighted by atomic mass is 10.3. The van der Waals surface area contributed by atoms with Gasteiger partial charge in [-0.05, 0) is 18.9 Å². The highest BCUT2D eigenvalue weighted by molar-refractivity contribution is 5.47. The number of hydrogen-bond donors (Lipinski definition) is 0. The molecule has 1 saturated carbocycles. The maximum atomic E-state index is 13.2. The second-order valence-corrected chi connectivity index (χ2v) is 3.16. The van der Waals surface area contributed by atoms with E-state index < -0.39 is 10.7 Å². The molecule has 5 heteroatoms. The number of nitrogens with zero attached hydrogens (tertiary/aromatic N) is 1. The molecule has 1 aliphatic carbocycles. The van der Waals surface area contributed by atoms with Gasteiger partial charge in [0.05, 0.1) is 11.0 Å². The van der Waals surface area contributed by atoms with Crippen molar-refractivity contribution in [3.63, 3.8) is 0 Å². The number of ether oxygens (including phenoxy) is 1. The van der Waals surface area contributed by atoms with Gasteiger partial charge in [-0.15, -0.1) is 0 Å². The second-order valence-electron chi connectivity index (χ2n) is 3.16. The van der Waals surface area contributed by atoms with Crippen LogP contribution >= 0.6 is 0 Å². The van der Waals surface area contributed by atoms with E-state index in [1.807, 2.05) is 0 Å². The van der Waals surface area contributed by atoms with E-state index in [2.05, 4.69) is 0 Å². The van der Waals surface area contributed by atoms with Gasteiger partial charge in [0, 0.05) is 6.07 Å². The van der Waals surface area contributed by atoms with Gasteiger partial charge in [0.15, 0.2) is 5.82 Å². The maximum Gasteiger partial charge on any atom is 0.314 e. The van der Waals surface area contributed by atoms with Crippen LogP contribution in [0.2, 0.25) is 0 Å². The molecule has 0 unspecified atom stereocenters. The third kappa shape index (κ3) is 1.66. The highest BCUT2D eigenvalue weighted by Gasteiger charge is 2.29. The monoisotopic (exact) mass is 197 g/mol. The van der Waals surface area contributed by atoms with E-state index in [-0.39, 0.29) is 17.5 Å². The lowest BCUT2D eigenvalue weighted by Gasteiger charge is -2.05. The molecule has 0 aromatic heterocycles. The normalized spacial score (nSPS) is 15.2. The number of nitro benzene ring substituents is 1. The molecule has 0 radical (unpaired) electrons. The van der Waals surface area contributed by atoms with Crippen LogP contribution in [0.4, 0.5) is 10.1 Å². The van der Waals surface area contributed by atoms with Gasteiger partial charge in [0.1, 0.15) is 0 Å². The van der Waals surface area contributed by atoms with Gasteiger partial charge < -0.3 is 4.74 Å². The molecular weight excluding hydrogens is 189 g/mol. The van der Waals surface area contributed by atoms with E-state index in [9.17, 15) is 14.5 Å². The third-order valence-electron chi connectivity index (χ3n) is 1.95. The zero-order chi connectivity index (χ0) is 10.1. The predicted octanol–water partition coefficient (Wildman–Crippen LogP) is 2.28. The maximum absolute atomic E-state index is 13.2. The summed E-state index contributed by atoms with van der Waals surface area (Å²) in [6.07, 6.45) is 1.63. The van der Waals surface area contributed by atoms with E-state index in [1.165, 1.54) is 12.1 Å². The van der Waals surface area contributed by atoms with Crippen LogP contribution in [-0.4, -0.2) is 11.0 Å². The van der Waals surface area contributed by atoms with Crippen molar-refractivity contribution in [2.75, 3.05) is 0 Å². The van der Waals surface area contributed by atoms with Crippen LogP contribution in [0.3, 0.4) is 0 Å². The Bertz CT molecular complexity index is 376. The van der Waals surface area contributed by atoms with Gasteiger partial charge in [-0.25, -0.2) is 4.39 Å². The number of para-hydroxylation sites is 1. The van der Waals surface area contributed by atoms with Crippen LogP contribution in [0.15, 0.2) is 18.2 Å². The predicted molar refractivity (Wildman–Crippen MR) is 46.7 cm³/mol. The summed E-state index contributed by atoms with van der Waals surface area (Å²) >= 11 is 0. The van der Waals surface area contributed by atoms with Crippen molar-refractivity contribution in [1.82, 2.24) is 0 Å². The summed E-state index contributed by atoms with van der Waals surface area (Å²) in [6, 6.07) is 3.69. The summed E-state index contributed by atoms with van der Waals surface area (Å²) < 4.78 is 18.3. The lowest BCUT2D eigenvalue weighted by molar-refractivity contribution is -0.386. The SMILES string of the molecule is O=[N+]([O-])c1cccc(F)c1OC1CC1. The Morgan fingerprint density at radius 3 is 2.79 bits per heavy atom. The van der Waals surface area contributed by atoms with Gasteiger partial charge >= 0.3 is 5.69 Å². The summed E-state index contributed by atoms with van der Waals surface area (Å²) in [5.74, 6) is -0.911. The zero-order valence-corrected chi connectivity index (χ0v) is 7.27. The van der Waals surface area contributed by atoms with Crippen molar-refractivity contribution in [2.24, 2.45) is 0 Å². The van der Waals surface area contributed by atoms with E-state index in [0.717, 1.165) is 18.9 Å². The molecule has 1 aromatic rings. The van der Waals surface area contributed by atoms with E-state index in [4.69, 9.17) is 4.74 Å². The molecule has 0 N–H and O–H groups in total. The Labute approximate surface area is 79.5 Å². The Morgan fingerprint density at radius 1 is 1.50 bits per heavy atom. The van der Waals surface area contributed by atoms with Crippen LogP contribution in [0.1, 0.15) is 12.8 Å². The Balaban J connectivity index is 2.36. The molecule has 0 atom stereocenters. The third-order valence-corrected chi connectivity index (χ3v) is 1.95. The fourth-order valence-electron chi connectivity index (χ4n) is 1.11. The summed E-state index contributed by atoms with van der Waals surface area (Å²) in [5.41, 5.74) is -0.308. The van der Waals surface area contributed by atoms with E-state index in [1.54, 1.807) is 0 Å². The first-order valence-electron chi connectivity index (χ1n) is 4.28. The van der Waals surface area contributed by atoms with Gasteiger partial charge in [-0.1, -0.05) is 6.07 Å². The summed E-state index contributed by atoms with van der Waals surface area (Å²) in [7, 11) is 0. The lowest BCUT2D eigenvalue weighted by Crippen LogP contribution is -2.02. The van der Waals surface area contributed by atoms with Crippen molar-refractivity contribution in [3.8, 4) is 5.75 Å². The Morgan fingerprint density at radius 2 is 2.21 bits per heavy atom. The summed E-state index contributed by atoms with van der Waals surface area (Å²) in [6.45, 7) is 0. The van der Waals surface area contributed by atoms with Crippen LogP contribution in [0.5, 0.6) is 5.75 Å². The topological polar surface area (TPSA) is 52.4 Å². The Kier molecular flexibility index (Phi) is 2.07. The van der Waals surface area contributed by atoms with Crippen LogP contribution < -0.4 is 4.74 Å². The molecule has 0 bridgehead atoms. The molecule has 2 rings (SSSR count). The summed E-state index contributed by atoms with van der Waals surface area (Å²) in [5, 5.41) is 10.5. The number of benzene rings is 1. The fraction of sp³-hybridized carbons (Fsp3) is 0.333. The van der Waals surface area contributed by atoms with Gasteiger partial charge in [-0.2, -0.15) is 0 Å². The number of rotatable bonds is 3. The molecule has 0 amide bonds. The van der Waals surface area contributed by atoms with Crippen molar-refractivity contribution in [1.29, 1.82) is 0 Å². The molecule has 0 spiro atoms. The molecule has 0 aliphatic heterocycles. The molecular formula is C9H8FNO3. The van der Waals surface area contributed by atoms with Gasteiger partial charge in [-0.3, -0.25) is 10.1 Å². The first-order valence-corrected chi connectivity index (χ1v) is 4.28. The van der Waals surface area contributed by atoms with Gasteiger partial charge in [0.2, 0.25) is 5.75 Å². The molecule has 0 heterocycles. The molecule has 4 nitrogen and oxygen atoms in total. The van der Waals surface area contributed by atoms with Crippen molar-refractivity contribution < 1.29 is 14.1 Å². The number of halogens is 1. The summed E-state index contributed by atoms with van der Waals surface area (Å²) in [4.78, 5) is 9.90. The zero-order valence-electron chi connectivity index (χ0n) is 7.27. The Hall–Kier alpha value is -1.65. The standard InChI is InChI=1S/C9H8FNO3/c10-7-2-1-3-8(11(12)13)9(7)14-6-4-5-6/h1-3,6H,4-5H2. The molecule has 0 saturated heterocycles. The average molecular weight is 197 g/mol. The smallest absolute Gasteiger partial charge is 0.314 e. The minimum atomic E-state index is -0.675. The minimum absolute atomic E-state index is 0.0504. The van der Waals surface area contributed by atoms with Crippen LogP contribution in [0, 0.1) is 15.9 Å². The number of hydrogen-bond acceptors (Lipinski definition) is 3. The largest absolute Gasteiger partial charge is 0.481 e. The van der Waals surface area contributed by atoms with Crippen molar-refractivity contribution in [2.45, 2.75) is 18.9 Å². The first kappa shape index (κ1) is 8.93. The van der Waals surface area contributed by atoms with Crippen molar-refractivity contribution in [3.05, 3.63) is 34.1 Å². The van der Waals surface area contributed by atoms with Crippen molar-refractivity contribution >= 4 is 5.69 Å². The highest BCUT2D eigenvalue weighted by atomic mass is 19.1. The first-order chi connectivity index (χ1) is 6.68. The van der Waals surface area contributed by atoms with E-state index in [0.29, 0.717) is 0 Å². The number of nitro groups is 1. The van der Waals surface area contributed by atoms with Crippen LogP contribution in [-0.2, 0) is 0 Å². The molecule has 1 fully saturated rings. The van der Waals surface area contributed by atoms with E-state index >= 15 is 0 Å². The van der Waals surface area contributed by atoms with Gasteiger partial charge in [0.25, 0.3) is 0 Å². The molecule has 1 aromatic carbocycles. The average Bonchev–Trinajstić information content (AvgIpc) is 2.91. The molecule has 74 valence electrons. The fourth-order valence-corrected chi connectivity index (χ4v) is 1.11. The minimum Gasteiger partial charge on any atom is -0.481 e. The quantitative estimate of drug-likeness (QED) is 0.551. The van der Waals surface area contributed by atoms with Crippen LogP contribution in [0.25, 0.3) is 0 Å². The molecule has 14 heavy (non-hydrogen) atoms. The highest BCUT2D eigenvalue weighted by Crippen LogP contribution is 2.35. The molecule has 1 aliphatic rings. The second kappa shape index (κ2) is 3.25.